The van der Waals surface area contributed by atoms with Gasteiger partial charge in [0.05, 0.1) is 5.04 Å². The molecular formula is C37H59N7O8S4. The zero-order valence-electron chi connectivity index (χ0n) is 32.6. The molecule has 314 valence electrons. The molecule has 0 aliphatic heterocycles. The molecule has 1 rings (SSSR count). The van der Waals surface area contributed by atoms with Crippen molar-refractivity contribution in [1.82, 2.24) is 31.2 Å². The number of unbranched alkanes of at least 4 members (excludes halogenated alkanes) is 4. The summed E-state index contributed by atoms with van der Waals surface area (Å²) in [6, 6.07) is 5.70. The molecule has 0 radical (unpaired) electrons. The zero-order valence-corrected chi connectivity index (χ0v) is 35.9. The van der Waals surface area contributed by atoms with E-state index in [9.17, 15) is 28.8 Å². The number of allylic oxidation sites excluding steroid dienone is 1. The van der Waals surface area contributed by atoms with Crippen molar-refractivity contribution in [3.63, 3.8) is 0 Å². The van der Waals surface area contributed by atoms with E-state index < -0.39 is 25.1 Å². The maximum absolute atomic E-state index is 12.7. The Morgan fingerprint density at radius 1 is 0.768 bits per heavy atom. The molecule has 0 spiro atoms. The fourth-order valence-corrected chi connectivity index (χ4v) is 8.50. The van der Waals surface area contributed by atoms with Crippen molar-refractivity contribution < 1.29 is 38.6 Å². The fourth-order valence-electron chi connectivity index (χ4n) is 4.53. The van der Waals surface area contributed by atoms with Gasteiger partial charge in [0.1, 0.15) is 18.2 Å². The first kappa shape index (κ1) is 50.8. The smallest absolute Gasteiger partial charge is 0.329 e. The number of carbonyl (C=O) groups excluding carboxylic acids is 5. The van der Waals surface area contributed by atoms with Gasteiger partial charge in [0, 0.05) is 88.9 Å². The molecule has 56 heavy (non-hydrogen) atoms. The number of carboxylic acid groups (broad SMARTS) is 1. The van der Waals surface area contributed by atoms with E-state index in [0.29, 0.717) is 63.1 Å². The highest BCUT2D eigenvalue weighted by Gasteiger charge is 2.15. The number of amides is 5. The summed E-state index contributed by atoms with van der Waals surface area (Å²) in [6.45, 7) is 4.70. The van der Waals surface area contributed by atoms with Crippen LogP contribution in [0.3, 0.4) is 0 Å². The van der Waals surface area contributed by atoms with E-state index >= 15 is 0 Å². The van der Waals surface area contributed by atoms with Crippen LogP contribution in [0.4, 0.5) is 0 Å². The van der Waals surface area contributed by atoms with Crippen LogP contribution >= 0.6 is 43.2 Å². The Kier molecular flexibility index (Phi) is 31.7. The first-order valence-corrected chi connectivity index (χ1v) is 23.6. The highest BCUT2D eigenvalue weighted by molar-refractivity contribution is 8.82. The molecule has 0 saturated carbocycles. The molecule has 0 bridgehead atoms. The summed E-state index contributed by atoms with van der Waals surface area (Å²) in [5.41, 5.74) is 0. The second-order valence-corrected chi connectivity index (χ2v) is 17.1. The Morgan fingerprint density at radius 3 is 1.88 bits per heavy atom. The summed E-state index contributed by atoms with van der Waals surface area (Å²) >= 11 is 0. The number of aliphatic imine (C=N–C) groups is 1. The van der Waals surface area contributed by atoms with Gasteiger partial charge in [0.15, 0.2) is 0 Å². The Hall–Kier alpha value is -3.26. The van der Waals surface area contributed by atoms with Gasteiger partial charge in [0.25, 0.3) is 0 Å². The Bertz CT molecular complexity index is 1360. The molecule has 0 aliphatic rings. The largest absolute Gasteiger partial charge is 0.480 e. The van der Waals surface area contributed by atoms with Crippen LogP contribution in [0.1, 0.15) is 84.5 Å². The number of hydrogen-bond acceptors (Lipinski definition) is 13. The van der Waals surface area contributed by atoms with Gasteiger partial charge < -0.3 is 36.0 Å². The molecule has 15 nitrogen and oxygen atoms in total. The molecule has 5 amide bonds. The summed E-state index contributed by atoms with van der Waals surface area (Å²) in [5.74, 6) is -0.608. The topological polar surface area (TPSA) is 208 Å². The van der Waals surface area contributed by atoms with E-state index in [4.69, 9.17) is 9.84 Å². The van der Waals surface area contributed by atoms with Crippen molar-refractivity contribution in [2.75, 3.05) is 64.0 Å². The van der Waals surface area contributed by atoms with Crippen LogP contribution in [0, 0.1) is 0 Å². The normalized spacial score (nSPS) is 11.3. The second-order valence-electron chi connectivity index (χ2n) is 12.1. The first-order chi connectivity index (χ1) is 27.1. The molecule has 0 fully saturated rings. The number of nitrogens with zero attached hydrogens (tertiary/aromatic N) is 3. The average molecular weight is 858 g/mol. The number of ether oxygens (including phenoxy) is 1. The number of aromatic nitrogens is 1. The summed E-state index contributed by atoms with van der Waals surface area (Å²) in [7, 11) is 6.32. The summed E-state index contributed by atoms with van der Waals surface area (Å²) in [6.07, 6.45) is 12.0. The maximum atomic E-state index is 12.7. The number of pyridine rings is 1. The van der Waals surface area contributed by atoms with Crippen LogP contribution in [0.5, 0.6) is 0 Å². The third-order valence-corrected chi connectivity index (χ3v) is 12.2. The highest BCUT2D eigenvalue weighted by atomic mass is 33.1. The van der Waals surface area contributed by atoms with Crippen molar-refractivity contribution in [3.05, 3.63) is 36.7 Å². The Labute approximate surface area is 347 Å². The van der Waals surface area contributed by atoms with E-state index in [1.54, 1.807) is 55.6 Å². The van der Waals surface area contributed by atoms with Crippen LogP contribution in [-0.2, 0) is 33.5 Å². The Balaban J connectivity index is 2.20. The number of aliphatic carboxylic acids is 1. The van der Waals surface area contributed by atoms with Crippen LogP contribution in [0.2, 0.25) is 0 Å². The fraction of sp³-hybridized carbons (Fsp3) is 0.622. The van der Waals surface area contributed by atoms with Gasteiger partial charge in [-0.15, -0.1) is 0 Å². The summed E-state index contributed by atoms with van der Waals surface area (Å²) in [4.78, 5) is 82.4. The lowest BCUT2D eigenvalue weighted by Crippen LogP contribution is -2.44. The van der Waals surface area contributed by atoms with Gasteiger partial charge in [-0.1, -0.05) is 53.5 Å². The monoisotopic (exact) mass is 857 g/mol. The van der Waals surface area contributed by atoms with Crippen molar-refractivity contribution in [3.8, 4) is 0 Å². The number of carbonyl (C=O) groups is 6. The minimum atomic E-state index is -1.19. The Morgan fingerprint density at radius 2 is 1.34 bits per heavy atom. The molecule has 19 heteroatoms. The van der Waals surface area contributed by atoms with E-state index in [2.05, 4.69) is 31.2 Å². The SMILES string of the molecule is C/C=C\N=C(CC)SSCCC(=O)NCCCCCC(=O)NCCN(CCNC(=O)CCCCCNC(=O)CCSSc1ccccn1)C(=O)COCC(=O)O. The van der Waals surface area contributed by atoms with Crippen molar-refractivity contribution in [2.45, 2.75) is 89.5 Å². The molecule has 0 atom stereocenters. The maximum Gasteiger partial charge on any atom is 0.329 e. The molecule has 1 heterocycles. The lowest BCUT2D eigenvalue weighted by Gasteiger charge is -2.23. The summed E-state index contributed by atoms with van der Waals surface area (Å²) < 4.78 is 4.95. The lowest BCUT2D eigenvalue weighted by atomic mass is 10.2. The van der Waals surface area contributed by atoms with Crippen LogP contribution in [0.15, 0.2) is 46.7 Å². The van der Waals surface area contributed by atoms with Crippen molar-refractivity contribution in [1.29, 1.82) is 0 Å². The van der Waals surface area contributed by atoms with Gasteiger partial charge in [-0.25, -0.2) is 9.78 Å². The van der Waals surface area contributed by atoms with Gasteiger partial charge >= 0.3 is 5.97 Å². The minimum Gasteiger partial charge on any atom is -0.480 e. The van der Waals surface area contributed by atoms with Gasteiger partial charge in [-0.05, 0) is 72.7 Å². The van der Waals surface area contributed by atoms with Crippen LogP contribution in [0.25, 0.3) is 0 Å². The minimum absolute atomic E-state index is 0.000979. The zero-order chi connectivity index (χ0) is 41.1. The van der Waals surface area contributed by atoms with E-state index in [-0.39, 0.29) is 49.8 Å². The van der Waals surface area contributed by atoms with Gasteiger partial charge in [0.2, 0.25) is 29.5 Å². The number of hydrogen-bond donors (Lipinski definition) is 5. The number of nitrogens with one attached hydrogen (secondary N) is 4. The van der Waals surface area contributed by atoms with Crippen LogP contribution < -0.4 is 21.3 Å². The molecule has 1 aromatic heterocycles. The molecule has 5 N–H and O–H groups in total. The van der Waals surface area contributed by atoms with Gasteiger partial charge in [-0.3, -0.25) is 29.0 Å². The van der Waals surface area contributed by atoms with Crippen LogP contribution in [-0.4, -0.2) is 120 Å². The van der Waals surface area contributed by atoms with E-state index in [1.165, 1.54) is 4.90 Å². The average Bonchev–Trinajstić information content (AvgIpc) is 3.18. The second kappa shape index (κ2) is 34.9. The number of rotatable bonds is 33. The van der Waals surface area contributed by atoms with E-state index in [0.717, 1.165) is 42.2 Å². The molecular weight excluding hydrogens is 799 g/mol. The van der Waals surface area contributed by atoms with Gasteiger partial charge in [-0.2, -0.15) is 0 Å². The molecule has 0 aromatic carbocycles. The standard InChI is InChI=1S/C37H59N7O8S4/c1-3-18-42-34(4-2)55-53-26-16-32(47)38-19-10-5-7-13-30(45)40-22-24-44(36(49)28-52-29-37(50)51)25-23-41-31(46)14-8-6-11-20-39-33(48)17-27-54-56-35-15-9-12-21-43-35/h3,9,12,15,18,21H,4-8,10-11,13-14,16-17,19-20,22-29H2,1-2H3,(H,38,47)(H,39,48)(H,40,45)(H,41,46)(H,50,51)/b18-3-,42-34?. The predicted octanol–water partition coefficient (Wildman–Crippen LogP) is 4.84. The third kappa shape index (κ3) is 30.0. The quantitative estimate of drug-likeness (QED) is 0.0278. The lowest BCUT2D eigenvalue weighted by molar-refractivity contribution is -0.146. The molecule has 0 unspecified atom stereocenters. The highest BCUT2D eigenvalue weighted by Crippen LogP contribution is 2.29. The van der Waals surface area contributed by atoms with Crippen molar-refractivity contribution in [2.24, 2.45) is 4.99 Å². The molecule has 1 aromatic rings. The third-order valence-electron chi connectivity index (χ3n) is 7.45. The summed E-state index contributed by atoms with van der Waals surface area (Å²) in [5, 5.41) is 22.2. The van der Waals surface area contributed by atoms with E-state index in [1.807, 2.05) is 38.1 Å². The molecule has 0 saturated heterocycles. The van der Waals surface area contributed by atoms with Crippen molar-refractivity contribution >= 4 is 83.7 Å². The number of carboxylic acids is 1. The molecule has 0 aliphatic carbocycles. The predicted molar refractivity (Wildman–Crippen MR) is 228 cm³/mol. The first-order valence-electron chi connectivity index (χ1n) is 19.0.